The highest BCUT2D eigenvalue weighted by Crippen LogP contribution is 2.31. The Morgan fingerprint density at radius 1 is 1.12 bits per heavy atom. The van der Waals surface area contributed by atoms with Crippen LogP contribution in [-0.2, 0) is 31.0 Å². The van der Waals surface area contributed by atoms with E-state index in [4.69, 9.17) is 4.74 Å². The Bertz CT molecular complexity index is 764. The molecular weight excluding hydrogens is 342 g/mol. The molecule has 1 aliphatic carbocycles. The monoisotopic (exact) mass is 363 g/mol. The van der Waals surface area contributed by atoms with Gasteiger partial charge in [0.15, 0.2) is 0 Å². The number of carbonyl (C=O) groups is 2. The lowest BCUT2D eigenvalue weighted by Gasteiger charge is -2.29. The molecule has 1 amide bonds. The number of benzene rings is 1. The fraction of sp³-hybridized carbons (Fsp3) is 0.444. The van der Waals surface area contributed by atoms with Crippen molar-refractivity contribution in [1.29, 1.82) is 0 Å². The van der Waals surface area contributed by atoms with E-state index in [2.05, 4.69) is 0 Å². The van der Waals surface area contributed by atoms with E-state index >= 15 is 0 Å². The van der Waals surface area contributed by atoms with Crippen molar-refractivity contribution in [3.05, 3.63) is 47.4 Å². The third kappa shape index (κ3) is 4.28. The third-order valence-electron chi connectivity index (χ3n) is 4.76. The highest BCUT2D eigenvalue weighted by molar-refractivity contribution is 7.93. The predicted molar refractivity (Wildman–Crippen MR) is 91.5 cm³/mol. The fourth-order valence-electron chi connectivity index (χ4n) is 3.28. The van der Waals surface area contributed by atoms with Crippen molar-refractivity contribution >= 4 is 21.9 Å². The van der Waals surface area contributed by atoms with Gasteiger partial charge in [0.05, 0.1) is 11.3 Å². The molecule has 0 aromatic heterocycles. The summed E-state index contributed by atoms with van der Waals surface area (Å²) in [5.74, 6) is -0.737. The normalized spacial score (nSPS) is 25.1. The minimum absolute atomic E-state index is 0.0943. The molecule has 0 N–H and O–H groups in total. The standard InChI is InChI=1S/C18H21NO5S/c20-17-10-11-25(22,23)19(17)12-14-6-8-16(9-7-14)18(21)24-13-15-4-2-1-3-5-15/h1-5,10-11,14,16H,6-9,12-13H2. The number of ether oxygens (including phenoxy) is 1. The molecular formula is C18H21NO5S. The molecule has 0 spiro atoms. The molecule has 1 aromatic carbocycles. The van der Waals surface area contributed by atoms with Crippen LogP contribution in [0.2, 0.25) is 0 Å². The molecule has 7 heteroatoms. The summed E-state index contributed by atoms with van der Waals surface area (Å²) in [6.45, 7) is 0.464. The first-order valence-electron chi connectivity index (χ1n) is 8.41. The number of amides is 1. The second-order valence-corrected chi connectivity index (χ2v) is 8.27. The van der Waals surface area contributed by atoms with E-state index in [-0.39, 0.29) is 31.0 Å². The summed E-state index contributed by atoms with van der Waals surface area (Å²) in [6, 6.07) is 9.53. The first-order chi connectivity index (χ1) is 12.0. The topological polar surface area (TPSA) is 80.8 Å². The van der Waals surface area contributed by atoms with Gasteiger partial charge in [-0.1, -0.05) is 30.3 Å². The zero-order valence-corrected chi connectivity index (χ0v) is 14.7. The van der Waals surface area contributed by atoms with Gasteiger partial charge in [0, 0.05) is 12.6 Å². The Hall–Kier alpha value is -2.15. The minimum atomic E-state index is -3.59. The zero-order chi connectivity index (χ0) is 17.9. The van der Waals surface area contributed by atoms with Crippen LogP contribution in [0, 0.1) is 11.8 Å². The van der Waals surface area contributed by atoms with Crippen molar-refractivity contribution in [1.82, 2.24) is 4.31 Å². The number of rotatable bonds is 5. The Balaban J connectivity index is 1.45. The number of sulfonamides is 1. The van der Waals surface area contributed by atoms with Crippen molar-refractivity contribution in [3.8, 4) is 0 Å². The molecule has 1 fully saturated rings. The molecule has 0 saturated heterocycles. The van der Waals surface area contributed by atoms with Crippen LogP contribution in [0.1, 0.15) is 31.2 Å². The van der Waals surface area contributed by atoms with Gasteiger partial charge in [-0.3, -0.25) is 9.59 Å². The summed E-state index contributed by atoms with van der Waals surface area (Å²) in [5, 5.41) is 0.946. The maximum Gasteiger partial charge on any atom is 0.309 e. The van der Waals surface area contributed by atoms with Gasteiger partial charge in [-0.25, -0.2) is 12.7 Å². The fourth-order valence-corrected chi connectivity index (χ4v) is 4.45. The van der Waals surface area contributed by atoms with Gasteiger partial charge in [0.1, 0.15) is 6.61 Å². The number of hydrogen-bond donors (Lipinski definition) is 0. The second kappa shape index (κ2) is 7.39. The Morgan fingerprint density at radius 3 is 2.40 bits per heavy atom. The summed E-state index contributed by atoms with van der Waals surface area (Å²) in [4.78, 5) is 23.8. The molecule has 0 unspecified atom stereocenters. The molecule has 2 aliphatic rings. The maximum absolute atomic E-state index is 12.2. The first-order valence-corrected chi connectivity index (χ1v) is 9.91. The van der Waals surface area contributed by atoms with Crippen LogP contribution >= 0.6 is 0 Å². The van der Waals surface area contributed by atoms with E-state index in [1.807, 2.05) is 30.3 Å². The van der Waals surface area contributed by atoms with E-state index < -0.39 is 15.9 Å². The SMILES string of the molecule is O=C(OCc1ccccc1)C1CCC(CN2C(=O)C=CS2(=O)=O)CC1. The Kier molecular flexibility index (Phi) is 5.22. The summed E-state index contributed by atoms with van der Waals surface area (Å²) in [6.07, 6.45) is 3.83. The van der Waals surface area contributed by atoms with Gasteiger partial charge in [0.25, 0.3) is 15.9 Å². The molecule has 0 bridgehead atoms. The minimum Gasteiger partial charge on any atom is -0.461 e. The molecule has 0 radical (unpaired) electrons. The molecule has 1 heterocycles. The zero-order valence-electron chi connectivity index (χ0n) is 13.8. The number of nitrogens with zero attached hydrogens (tertiary/aromatic N) is 1. The van der Waals surface area contributed by atoms with Crippen LogP contribution in [0.25, 0.3) is 0 Å². The number of carbonyl (C=O) groups excluding carboxylic acids is 2. The van der Waals surface area contributed by atoms with Crippen LogP contribution in [0.5, 0.6) is 0 Å². The van der Waals surface area contributed by atoms with Gasteiger partial charge in [0.2, 0.25) is 0 Å². The van der Waals surface area contributed by atoms with Crippen molar-refractivity contribution in [2.45, 2.75) is 32.3 Å². The summed E-state index contributed by atoms with van der Waals surface area (Å²) in [5.41, 5.74) is 0.954. The van der Waals surface area contributed by atoms with E-state index in [1.165, 1.54) is 0 Å². The quantitative estimate of drug-likeness (QED) is 0.750. The molecule has 0 atom stereocenters. The van der Waals surface area contributed by atoms with E-state index in [1.54, 1.807) is 0 Å². The van der Waals surface area contributed by atoms with Crippen molar-refractivity contribution in [2.75, 3.05) is 6.54 Å². The highest BCUT2D eigenvalue weighted by atomic mass is 32.2. The smallest absolute Gasteiger partial charge is 0.309 e. The van der Waals surface area contributed by atoms with E-state index in [9.17, 15) is 18.0 Å². The van der Waals surface area contributed by atoms with E-state index in [0.29, 0.717) is 25.7 Å². The summed E-state index contributed by atoms with van der Waals surface area (Å²) >= 11 is 0. The molecule has 134 valence electrons. The van der Waals surface area contributed by atoms with Gasteiger partial charge in [-0.15, -0.1) is 0 Å². The number of hydrogen-bond acceptors (Lipinski definition) is 5. The molecule has 3 rings (SSSR count). The van der Waals surface area contributed by atoms with Crippen LogP contribution < -0.4 is 0 Å². The molecule has 6 nitrogen and oxygen atoms in total. The molecule has 25 heavy (non-hydrogen) atoms. The Morgan fingerprint density at radius 2 is 1.80 bits per heavy atom. The van der Waals surface area contributed by atoms with Crippen LogP contribution in [0.3, 0.4) is 0 Å². The first kappa shape index (κ1) is 17.7. The molecule has 1 aliphatic heterocycles. The largest absolute Gasteiger partial charge is 0.461 e. The van der Waals surface area contributed by atoms with Gasteiger partial charge in [-0.2, -0.15) is 0 Å². The summed E-state index contributed by atoms with van der Waals surface area (Å²) in [7, 11) is -3.59. The van der Waals surface area contributed by atoms with Gasteiger partial charge in [-0.05, 0) is 37.2 Å². The van der Waals surface area contributed by atoms with Crippen LogP contribution in [-0.4, -0.2) is 31.1 Å². The number of esters is 1. The lowest BCUT2D eigenvalue weighted by molar-refractivity contribution is -0.151. The second-order valence-electron chi connectivity index (χ2n) is 6.53. The van der Waals surface area contributed by atoms with Crippen molar-refractivity contribution in [3.63, 3.8) is 0 Å². The van der Waals surface area contributed by atoms with Crippen LogP contribution in [0.15, 0.2) is 41.8 Å². The lowest BCUT2D eigenvalue weighted by atomic mass is 9.82. The highest BCUT2D eigenvalue weighted by Gasteiger charge is 2.34. The van der Waals surface area contributed by atoms with Crippen LogP contribution in [0.4, 0.5) is 0 Å². The van der Waals surface area contributed by atoms with E-state index in [0.717, 1.165) is 21.4 Å². The molecule has 1 aromatic rings. The Labute approximate surface area is 147 Å². The third-order valence-corrected chi connectivity index (χ3v) is 6.19. The molecule has 1 saturated carbocycles. The summed E-state index contributed by atoms with van der Waals surface area (Å²) < 4.78 is 29.9. The van der Waals surface area contributed by atoms with Gasteiger partial charge < -0.3 is 4.74 Å². The maximum atomic E-state index is 12.2. The lowest BCUT2D eigenvalue weighted by Crippen LogP contribution is -2.36. The average molecular weight is 363 g/mol. The van der Waals surface area contributed by atoms with Gasteiger partial charge >= 0.3 is 5.97 Å². The average Bonchev–Trinajstić information content (AvgIpc) is 2.88. The predicted octanol–water partition coefficient (Wildman–Crippen LogP) is 2.22. The van der Waals surface area contributed by atoms with Crippen molar-refractivity contribution in [2.24, 2.45) is 11.8 Å². The van der Waals surface area contributed by atoms with Crippen molar-refractivity contribution < 1.29 is 22.7 Å².